The molecular weight excluding hydrogens is 306 g/mol. The van der Waals surface area contributed by atoms with Crippen LogP contribution in [0.3, 0.4) is 0 Å². The molecule has 0 radical (unpaired) electrons. The van der Waals surface area contributed by atoms with E-state index >= 15 is 0 Å². The third-order valence-electron chi connectivity index (χ3n) is 4.08. The summed E-state index contributed by atoms with van der Waals surface area (Å²) in [5.41, 5.74) is 1.79. The van der Waals surface area contributed by atoms with Crippen LogP contribution in [0, 0.1) is 0 Å². The maximum absolute atomic E-state index is 12.3. The van der Waals surface area contributed by atoms with Crippen molar-refractivity contribution in [3.8, 4) is 0 Å². The molecule has 0 saturated carbocycles. The number of amides is 3. The van der Waals surface area contributed by atoms with Crippen molar-refractivity contribution in [3.63, 3.8) is 0 Å². The minimum absolute atomic E-state index is 0.237. The zero-order valence-corrected chi connectivity index (χ0v) is 13.3. The van der Waals surface area contributed by atoms with Gasteiger partial charge in [-0.3, -0.25) is 24.3 Å². The number of aromatic nitrogens is 1. The predicted octanol–water partition coefficient (Wildman–Crippen LogP) is 1.38. The average Bonchev–Trinajstić information content (AvgIpc) is 2.86. The van der Waals surface area contributed by atoms with Gasteiger partial charge in [-0.25, -0.2) is 0 Å². The van der Waals surface area contributed by atoms with Gasteiger partial charge in [-0.15, -0.1) is 0 Å². The molecule has 0 saturated heterocycles. The molecule has 3 amide bonds. The fraction of sp³-hybridized carbons (Fsp3) is 0.222. The summed E-state index contributed by atoms with van der Waals surface area (Å²) in [6.45, 7) is 0.269. The predicted molar refractivity (Wildman–Crippen MR) is 87.4 cm³/mol. The van der Waals surface area contributed by atoms with Crippen LogP contribution in [0.5, 0.6) is 0 Å². The van der Waals surface area contributed by atoms with Crippen LogP contribution in [0.1, 0.15) is 26.3 Å². The van der Waals surface area contributed by atoms with E-state index in [1.54, 1.807) is 43.7 Å². The number of pyridine rings is 1. The molecule has 6 heteroatoms. The maximum Gasteiger partial charge on any atom is 0.262 e. The Labute approximate surface area is 139 Å². The smallest absolute Gasteiger partial charge is 0.262 e. The molecule has 0 N–H and O–H groups in total. The Morgan fingerprint density at radius 3 is 2.21 bits per heavy atom. The number of imide groups is 1. The molecule has 122 valence electrons. The fourth-order valence-electron chi connectivity index (χ4n) is 2.61. The summed E-state index contributed by atoms with van der Waals surface area (Å²) >= 11 is 0. The Balaban J connectivity index is 1.61. The fourth-order valence-corrected chi connectivity index (χ4v) is 2.61. The second-order valence-electron chi connectivity index (χ2n) is 5.66. The molecule has 0 spiro atoms. The molecule has 1 aromatic heterocycles. The molecule has 1 aliphatic rings. The summed E-state index contributed by atoms with van der Waals surface area (Å²) in [6, 6.07) is 10.4. The van der Waals surface area contributed by atoms with Gasteiger partial charge in [-0.2, -0.15) is 0 Å². The monoisotopic (exact) mass is 323 g/mol. The normalized spacial score (nSPS) is 13.1. The van der Waals surface area contributed by atoms with Crippen LogP contribution >= 0.6 is 0 Å². The summed E-state index contributed by atoms with van der Waals surface area (Å²) in [5, 5.41) is 0. The van der Waals surface area contributed by atoms with E-state index in [0.717, 1.165) is 10.5 Å². The molecule has 2 heterocycles. The Hall–Kier alpha value is -3.02. The van der Waals surface area contributed by atoms with Crippen molar-refractivity contribution >= 4 is 17.7 Å². The second kappa shape index (κ2) is 6.62. The highest BCUT2D eigenvalue weighted by molar-refractivity contribution is 6.22. The van der Waals surface area contributed by atoms with E-state index in [1.807, 2.05) is 12.1 Å². The van der Waals surface area contributed by atoms with Crippen molar-refractivity contribution in [2.45, 2.75) is 6.42 Å². The van der Waals surface area contributed by atoms with Crippen molar-refractivity contribution in [2.24, 2.45) is 0 Å². The van der Waals surface area contributed by atoms with Crippen LogP contribution in [-0.2, 0) is 11.2 Å². The highest BCUT2D eigenvalue weighted by atomic mass is 16.2. The van der Waals surface area contributed by atoms with Crippen LogP contribution in [0.15, 0.2) is 48.8 Å². The quantitative estimate of drug-likeness (QED) is 0.780. The van der Waals surface area contributed by atoms with E-state index in [2.05, 4.69) is 4.98 Å². The average molecular weight is 323 g/mol. The van der Waals surface area contributed by atoms with E-state index in [0.29, 0.717) is 24.1 Å². The lowest BCUT2D eigenvalue weighted by Crippen LogP contribution is -2.41. The number of rotatable bonds is 5. The highest BCUT2D eigenvalue weighted by Crippen LogP contribution is 2.22. The lowest BCUT2D eigenvalue weighted by Gasteiger charge is -2.20. The van der Waals surface area contributed by atoms with Gasteiger partial charge in [0.05, 0.1) is 11.1 Å². The van der Waals surface area contributed by atoms with Crippen LogP contribution < -0.4 is 0 Å². The zero-order chi connectivity index (χ0) is 17.1. The number of benzene rings is 1. The lowest BCUT2D eigenvalue weighted by atomic mass is 10.1. The molecule has 0 bridgehead atoms. The third kappa shape index (κ3) is 3.03. The number of nitrogens with zero attached hydrogens (tertiary/aromatic N) is 3. The van der Waals surface area contributed by atoms with Crippen LogP contribution in [-0.4, -0.2) is 52.6 Å². The van der Waals surface area contributed by atoms with Gasteiger partial charge in [0, 0.05) is 26.0 Å². The number of hydrogen-bond acceptors (Lipinski definition) is 4. The standard InChI is InChI=1S/C18H17N3O3/c1-20(11-8-13-6-9-19-10-7-13)16(22)12-21-17(23)14-4-2-3-5-15(14)18(21)24/h2-7,9-10H,8,11-12H2,1H3. The first-order valence-electron chi connectivity index (χ1n) is 7.66. The number of carbonyl (C=O) groups excluding carboxylic acids is 3. The van der Waals surface area contributed by atoms with Crippen molar-refractivity contribution in [1.82, 2.24) is 14.8 Å². The molecule has 1 aliphatic heterocycles. The molecule has 6 nitrogen and oxygen atoms in total. The molecular formula is C18H17N3O3. The van der Waals surface area contributed by atoms with Gasteiger partial charge in [-0.1, -0.05) is 12.1 Å². The van der Waals surface area contributed by atoms with Crippen LogP contribution in [0.2, 0.25) is 0 Å². The summed E-state index contributed by atoms with van der Waals surface area (Å²) in [4.78, 5) is 43.4. The van der Waals surface area contributed by atoms with Gasteiger partial charge in [0.25, 0.3) is 11.8 Å². The first kappa shape index (κ1) is 15.9. The number of likely N-dealkylation sites (N-methyl/N-ethyl adjacent to an activating group) is 1. The SMILES string of the molecule is CN(CCc1ccncc1)C(=O)CN1C(=O)c2ccccc2C1=O. The highest BCUT2D eigenvalue weighted by Gasteiger charge is 2.36. The molecule has 0 unspecified atom stereocenters. The Bertz CT molecular complexity index is 754. The van der Waals surface area contributed by atoms with Gasteiger partial charge in [0.2, 0.25) is 5.91 Å². The lowest BCUT2D eigenvalue weighted by molar-refractivity contribution is -0.130. The molecule has 0 atom stereocenters. The van der Waals surface area contributed by atoms with Crippen molar-refractivity contribution in [3.05, 3.63) is 65.5 Å². The van der Waals surface area contributed by atoms with E-state index in [-0.39, 0.29) is 12.5 Å². The van der Waals surface area contributed by atoms with E-state index in [1.165, 1.54) is 4.90 Å². The van der Waals surface area contributed by atoms with Crippen LogP contribution in [0.25, 0.3) is 0 Å². The number of hydrogen-bond donors (Lipinski definition) is 0. The Morgan fingerprint density at radius 2 is 1.62 bits per heavy atom. The van der Waals surface area contributed by atoms with Gasteiger partial charge in [0.15, 0.2) is 0 Å². The Kier molecular flexibility index (Phi) is 4.37. The topological polar surface area (TPSA) is 70.6 Å². The summed E-state index contributed by atoms with van der Waals surface area (Å²) in [7, 11) is 1.67. The molecule has 1 aromatic carbocycles. The van der Waals surface area contributed by atoms with Gasteiger partial charge in [-0.05, 0) is 36.2 Å². The van der Waals surface area contributed by atoms with Gasteiger partial charge in [0.1, 0.15) is 6.54 Å². The molecule has 0 aliphatic carbocycles. The first-order valence-corrected chi connectivity index (χ1v) is 7.66. The molecule has 3 rings (SSSR count). The van der Waals surface area contributed by atoms with E-state index in [4.69, 9.17) is 0 Å². The first-order chi connectivity index (χ1) is 11.6. The largest absolute Gasteiger partial charge is 0.344 e. The van der Waals surface area contributed by atoms with E-state index in [9.17, 15) is 14.4 Å². The number of carbonyl (C=O) groups is 3. The maximum atomic E-state index is 12.3. The van der Waals surface area contributed by atoms with Crippen LogP contribution in [0.4, 0.5) is 0 Å². The van der Waals surface area contributed by atoms with Crippen molar-refractivity contribution < 1.29 is 14.4 Å². The minimum atomic E-state index is -0.411. The minimum Gasteiger partial charge on any atom is -0.344 e. The number of fused-ring (bicyclic) bond motifs is 1. The van der Waals surface area contributed by atoms with Gasteiger partial charge >= 0.3 is 0 Å². The third-order valence-corrected chi connectivity index (χ3v) is 4.08. The zero-order valence-electron chi connectivity index (χ0n) is 13.3. The summed E-state index contributed by atoms with van der Waals surface area (Å²) < 4.78 is 0. The Morgan fingerprint density at radius 1 is 1.04 bits per heavy atom. The van der Waals surface area contributed by atoms with E-state index < -0.39 is 11.8 Å². The van der Waals surface area contributed by atoms with Gasteiger partial charge < -0.3 is 4.90 Å². The summed E-state index contributed by atoms with van der Waals surface area (Å²) in [5.74, 6) is -1.09. The summed E-state index contributed by atoms with van der Waals surface area (Å²) in [6.07, 6.45) is 4.10. The van der Waals surface area contributed by atoms with Crippen molar-refractivity contribution in [1.29, 1.82) is 0 Å². The molecule has 24 heavy (non-hydrogen) atoms. The molecule has 0 fully saturated rings. The van der Waals surface area contributed by atoms with Crippen molar-refractivity contribution in [2.75, 3.05) is 20.1 Å². The second-order valence-corrected chi connectivity index (χ2v) is 5.66. The molecule has 2 aromatic rings.